The molecule has 3 rings (SSSR count). The Bertz CT molecular complexity index is 843. The van der Waals surface area contributed by atoms with Gasteiger partial charge in [0.05, 0.1) is 11.3 Å². The first-order valence-corrected chi connectivity index (χ1v) is 10.3. The lowest BCUT2D eigenvalue weighted by Gasteiger charge is -2.37. The molecule has 29 heavy (non-hydrogen) atoms. The minimum Gasteiger partial charge on any atom is -0.349 e. The van der Waals surface area contributed by atoms with Crippen molar-refractivity contribution < 1.29 is 9.59 Å². The maximum Gasteiger partial charge on any atom is 0.256 e. The standard InChI is InChI=1S/C22H27ClN4O2/c1-22(2,3)26-20(28)19(17-10-6-7-13-24-17)27(16-8-4-5-9-16)21(29)15-11-12-18(23)25-14-15/h6-7,10-14,16,19H,4-5,8-9H2,1-3H3,(H,26,28)/t19-/m1/s1. The van der Waals surface area contributed by atoms with Crippen molar-refractivity contribution in [1.82, 2.24) is 20.2 Å². The molecule has 1 aliphatic rings. The van der Waals surface area contributed by atoms with Gasteiger partial charge in [0, 0.05) is 24.0 Å². The SMILES string of the molecule is CC(C)(C)NC(=O)[C@@H](c1ccccn1)N(C(=O)c1ccc(Cl)nc1)C1CCCC1. The fraction of sp³-hybridized carbons (Fsp3) is 0.455. The summed E-state index contributed by atoms with van der Waals surface area (Å²) in [5.41, 5.74) is 0.526. The Morgan fingerprint density at radius 2 is 1.86 bits per heavy atom. The molecule has 1 aliphatic carbocycles. The Morgan fingerprint density at radius 1 is 1.14 bits per heavy atom. The predicted molar refractivity (Wildman–Crippen MR) is 113 cm³/mol. The lowest BCUT2D eigenvalue weighted by molar-refractivity contribution is -0.128. The molecule has 2 aromatic heterocycles. The van der Waals surface area contributed by atoms with Gasteiger partial charge in [0.2, 0.25) is 5.91 Å². The molecule has 0 saturated heterocycles. The highest BCUT2D eigenvalue weighted by atomic mass is 35.5. The molecule has 1 N–H and O–H groups in total. The first-order valence-electron chi connectivity index (χ1n) is 9.93. The molecular weight excluding hydrogens is 388 g/mol. The molecule has 0 bridgehead atoms. The summed E-state index contributed by atoms with van der Waals surface area (Å²) in [6.07, 6.45) is 6.89. The fourth-order valence-corrected chi connectivity index (χ4v) is 3.82. The number of hydrogen-bond donors (Lipinski definition) is 1. The fourth-order valence-electron chi connectivity index (χ4n) is 3.71. The van der Waals surface area contributed by atoms with E-state index in [2.05, 4.69) is 15.3 Å². The van der Waals surface area contributed by atoms with Gasteiger partial charge in [-0.2, -0.15) is 0 Å². The van der Waals surface area contributed by atoms with E-state index in [1.54, 1.807) is 35.4 Å². The molecule has 154 valence electrons. The van der Waals surface area contributed by atoms with Gasteiger partial charge in [0.15, 0.2) is 6.04 Å². The van der Waals surface area contributed by atoms with Crippen LogP contribution < -0.4 is 5.32 Å². The van der Waals surface area contributed by atoms with Crippen molar-refractivity contribution in [3.8, 4) is 0 Å². The Kier molecular flexibility index (Phi) is 6.52. The number of aromatic nitrogens is 2. The molecule has 0 aromatic carbocycles. The first-order chi connectivity index (χ1) is 13.8. The van der Waals surface area contributed by atoms with Crippen LogP contribution in [0.3, 0.4) is 0 Å². The predicted octanol–water partition coefficient (Wildman–Crippen LogP) is 4.17. The molecule has 7 heteroatoms. The maximum atomic E-state index is 13.6. The maximum absolute atomic E-state index is 13.6. The van der Waals surface area contributed by atoms with Crippen LogP contribution in [0.5, 0.6) is 0 Å². The van der Waals surface area contributed by atoms with Crippen LogP contribution >= 0.6 is 11.6 Å². The highest BCUT2D eigenvalue weighted by molar-refractivity contribution is 6.29. The van der Waals surface area contributed by atoms with Gasteiger partial charge in [-0.25, -0.2) is 4.98 Å². The molecule has 1 saturated carbocycles. The van der Waals surface area contributed by atoms with Gasteiger partial charge in [-0.15, -0.1) is 0 Å². The Morgan fingerprint density at radius 3 is 2.41 bits per heavy atom. The van der Waals surface area contributed by atoms with Crippen molar-refractivity contribution in [3.05, 3.63) is 59.1 Å². The number of carbonyl (C=O) groups is 2. The van der Waals surface area contributed by atoms with E-state index in [9.17, 15) is 9.59 Å². The smallest absolute Gasteiger partial charge is 0.256 e. The van der Waals surface area contributed by atoms with Crippen molar-refractivity contribution in [1.29, 1.82) is 0 Å². The molecule has 2 amide bonds. The number of amides is 2. The summed E-state index contributed by atoms with van der Waals surface area (Å²) in [6.45, 7) is 5.77. The molecule has 0 unspecified atom stereocenters. The van der Waals surface area contributed by atoms with E-state index in [0.717, 1.165) is 25.7 Å². The Balaban J connectivity index is 2.05. The molecule has 1 fully saturated rings. The van der Waals surface area contributed by atoms with E-state index in [1.807, 2.05) is 26.8 Å². The van der Waals surface area contributed by atoms with Gasteiger partial charge < -0.3 is 10.2 Å². The van der Waals surface area contributed by atoms with E-state index in [4.69, 9.17) is 11.6 Å². The normalized spacial score (nSPS) is 15.7. The lowest BCUT2D eigenvalue weighted by atomic mass is 10.0. The second kappa shape index (κ2) is 8.91. The van der Waals surface area contributed by atoms with E-state index in [-0.39, 0.29) is 17.9 Å². The van der Waals surface area contributed by atoms with Crippen molar-refractivity contribution in [2.24, 2.45) is 0 Å². The minimum atomic E-state index is -0.818. The number of rotatable bonds is 5. The van der Waals surface area contributed by atoms with Crippen LogP contribution in [-0.2, 0) is 4.79 Å². The van der Waals surface area contributed by atoms with Crippen LogP contribution in [0, 0.1) is 0 Å². The summed E-state index contributed by atoms with van der Waals surface area (Å²) >= 11 is 5.89. The third kappa shape index (κ3) is 5.32. The summed E-state index contributed by atoms with van der Waals surface area (Å²) in [5, 5.41) is 3.35. The van der Waals surface area contributed by atoms with Crippen LogP contribution in [0.15, 0.2) is 42.7 Å². The van der Waals surface area contributed by atoms with Crippen molar-refractivity contribution >= 4 is 23.4 Å². The number of pyridine rings is 2. The van der Waals surface area contributed by atoms with Crippen molar-refractivity contribution in [2.75, 3.05) is 0 Å². The number of nitrogens with one attached hydrogen (secondary N) is 1. The molecule has 0 radical (unpaired) electrons. The molecule has 6 nitrogen and oxygen atoms in total. The highest BCUT2D eigenvalue weighted by Crippen LogP contribution is 2.32. The van der Waals surface area contributed by atoms with E-state index < -0.39 is 11.6 Å². The van der Waals surface area contributed by atoms with Crippen LogP contribution in [0.25, 0.3) is 0 Å². The summed E-state index contributed by atoms with van der Waals surface area (Å²) in [6, 6.07) is 7.82. The Hall–Kier alpha value is -2.47. The molecule has 1 atom stereocenters. The molecule has 2 heterocycles. The molecule has 0 aliphatic heterocycles. The quantitative estimate of drug-likeness (QED) is 0.745. The average Bonchev–Trinajstić information content (AvgIpc) is 3.19. The van der Waals surface area contributed by atoms with Gasteiger partial charge >= 0.3 is 0 Å². The van der Waals surface area contributed by atoms with E-state index in [1.165, 1.54) is 6.20 Å². The summed E-state index contributed by atoms with van der Waals surface area (Å²) in [4.78, 5) is 37.1. The van der Waals surface area contributed by atoms with E-state index in [0.29, 0.717) is 16.4 Å². The monoisotopic (exact) mass is 414 g/mol. The third-order valence-electron chi connectivity index (χ3n) is 4.92. The second-order valence-corrected chi connectivity index (χ2v) is 8.80. The number of hydrogen-bond acceptors (Lipinski definition) is 4. The van der Waals surface area contributed by atoms with E-state index >= 15 is 0 Å². The van der Waals surface area contributed by atoms with Gasteiger partial charge in [-0.3, -0.25) is 14.6 Å². The minimum absolute atomic E-state index is 0.0316. The van der Waals surface area contributed by atoms with Crippen LogP contribution in [0.1, 0.15) is 68.5 Å². The summed E-state index contributed by atoms with van der Waals surface area (Å²) in [7, 11) is 0. The molecule has 0 spiro atoms. The van der Waals surface area contributed by atoms with Gasteiger partial charge in [-0.05, 0) is 57.9 Å². The Labute approximate surface area is 176 Å². The van der Waals surface area contributed by atoms with Crippen LogP contribution in [0.4, 0.5) is 0 Å². The lowest BCUT2D eigenvalue weighted by Crippen LogP contribution is -2.52. The first kappa shape index (κ1) is 21.2. The average molecular weight is 415 g/mol. The summed E-state index contributed by atoms with van der Waals surface area (Å²) < 4.78 is 0. The van der Waals surface area contributed by atoms with Crippen LogP contribution in [-0.4, -0.2) is 38.3 Å². The van der Waals surface area contributed by atoms with Gasteiger partial charge in [0.1, 0.15) is 5.15 Å². The topological polar surface area (TPSA) is 75.2 Å². The molecular formula is C22H27ClN4O2. The third-order valence-corrected chi connectivity index (χ3v) is 5.14. The second-order valence-electron chi connectivity index (χ2n) is 8.42. The number of halogens is 1. The number of carbonyl (C=O) groups excluding carboxylic acids is 2. The zero-order valence-electron chi connectivity index (χ0n) is 17.1. The largest absolute Gasteiger partial charge is 0.349 e. The number of nitrogens with zero attached hydrogens (tertiary/aromatic N) is 3. The van der Waals surface area contributed by atoms with Gasteiger partial charge in [0.25, 0.3) is 5.91 Å². The van der Waals surface area contributed by atoms with Crippen molar-refractivity contribution in [2.45, 2.75) is 64.1 Å². The van der Waals surface area contributed by atoms with Crippen LogP contribution in [0.2, 0.25) is 5.15 Å². The van der Waals surface area contributed by atoms with Crippen molar-refractivity contribution in [3.63, 3.8) is 0 Å². The van der Waals surface area contributed by atoms with Gasteiger partial charge in [-0.1, -0.05) is 30.5 Å². The zero-order chi connectivity index (χ0) is 21.0. The summed E-state index contributed by atoms with van der Waals surface area (Å²) in [5.74, 6) is -0.473. The highest BCUT2D eigenvalue weighted by Gasteiger charge is 2.39. The zero-order valence-corrected chi connectivity index (χ0v) is 17.8. The molecule has 2 aromatic rings.